The predicted molar refractivity (Wildman–Crippen MR) is 112 cm³/mol. The Morgan fingerprint density at radius 3 is 2.88 bits per heavy atom. The van der Waals surface area contributed by atoms with E-state index in [9.17, 15) is 4.79 Å². The van der Waals surface area contributed by atoms with Crippen LogP contribution in [0.3, 0.4) is 0 Å². The van der Waals surface area contributed by atoms with E-state index in [-0.39, 0.29) is 12.0 Å². The molecule has 2 aromatic carbocycles. The Hall–Kier alpha value is -1.28. The van der Waals surface area contributed by atoms with Gasteiger partial charge in [0.2, 0.25) is 0 Å². The van der Waals surface area contributed by atoms with E-state index in [2.05, 4.69) is 31.9 Å². The van der Waals surface area contributed by atoms with Crippen LogP contribution in [0.2, 0.25) is 0 Å². The summed E-state index contributed by atoms with van der Waals surface area (Å²) < 4.78 is 8.61. The van der Waals surface area contributed by atoms with Crippen molar-refractivity contribution in [1.82, 2.24) is 4.98 Å². The number of halogens is 2. The summed E-state index contributed by atoms with van der Waals surface area (Å²) in [5.74, 6) is -0.0638. The lowest BCUT2D eigenvalue weighted by atomic mass is 10.2. The summed E-state index contributed by atoms with van der Waals surface area (Å²) in [5.41, 5.74) is 1.52. The van der Waals surface area contributed by atoms with Crippen molar-refractivity contribution in [2.75, 3.05) is 18.1 Å². The largest absolute Gasteiger partial charge is 0.376 e. The molecule has 1 aliphatic heterocycles. The number of ether oxygens (including phenoxy) is 1. The summed E-state index contributed by atoms with van der Waals surface area (Å²) in [4.78, 5) is 19.8. The highest BCUT2D eigenvalue weighted by Crippen LogP contribution is 2.33. The zero-order valence-corrected chi connectivity index (χ0v) is 17.8. The number of thiazole rings is 1. The molecule has 3 aromatic rings. The third-order valence-electron chi connectivity index (χ3n) is 4.33. The highest BCUT2D eigenvalue weighted by Gasteiger charge is 2.27. The van der Waals surface area contributed by atoms with Gasteiger partial charge in [0.1, 0.15) is 0 Å². The SMILES string of the molecule is O=C(c1ccccc1Br)N(CC1CCCO1)c1nc2ccc(Br)cc2s1. The molecule has 0 spiro atoms. The molecule has 0 N–H and O–H groups in total. The molecule has 2 heterocycles. The van der Waals surface area contributed by atoms with Gasteiger partial charge in [0.25, 0.3) is 5.91 Å². The number of fused-ring (bicyclic) bond motifs is 1. The van der Waals surface area contributed by atoms with E-state index >= 15 is 0 Å². The lowest BCUT2D eigenvalue weighted by Gasteiger charge is -2.23. The van der Waals surface area contributed by atoms with Crippen molar-refractivity contribution in [1.29, 1.82) is 0 Å². The van der Waals surface area contributed by atoms with Crippen molar-refractivity contribution in [2.45, 2.75) is 18.9 Å². The van der Waals surface area contributed by atoms with Gasteiger partial charge in [-0.25, -0.2) is 4.98 Å². The molecular formula is C19H16Br2N2O2S. The maximum Gasteiger partial charge on any atom is 0.261 e. The maximum atomic E-state index is 13.3. The molecule has 134 valence electrons. The first-order valence-corrected chi connectivity index (χ1v) is 10.8. The van der Waals surface area contributed by atoms with Crippen LogP contribution < -0.4 is 4.90 Å². The fourth-order valence-electron chi connectivity index (χ4n) is 3.02. The summed E-state index contributed by atoms with van der Waals surface area (Å²) in [6, 6.07) is 13.5. The molecule has 1 saturated heterocycles. The topological polar surface area (TPSA) is 42.4 Å². The third-order valence-corrected chi connectivity index (χ3v) is 6.56. The third kappa shape index (κ3) is 3.71. The number of hydrogen-bond acceptors (Lipinski definition) is 4. The smallest absolute Gasteiger partial charge is 0.261 e. The number of benzene rings is 2. The van der Waals surface area contributed by atoms with Crippen LogP contribution in [0.1, 0.15) is 23.2 Å². The Morgan fingerprint density at radius 1 is 1.27 bits per heavy atom. The molecule has 1 aromatic heterocycles. The monoisotopic (exact) mass is 494 g/mol. The van der Waals surface area contributed by atoms with Gasteiger partial charge in [0.15, 0.2) is 5.13 Å². The predicted octanol–water partition coefficient (Wildman–Crippen LogP) is 5.65. The molecule has 26 heavy (non-hydrogen) atoms. The standard InChI is InChI=1S/C19H16Br2N2O2S/c20-12-7-8-16-17(10-12)26-19(22-16)23(11-13-4-3-9-25-13)18(24)14-5-1-2-6-15(14)21/h1-2,5-8,10,13H,3-4,9,11H2. The fourth-order valence-corrected chi connectivity index (χ4v) is 5.00. The van der Waals surface area contributed by atoms with Gasteiger partial charge in [-0.1, -0.05) is 39.4 Å². The van der Waals surface area contributed by atoms with Crippen LogP contribution in [0.4, 0.5) is 5.13 Å². The number of aromatic nitrogens is 1. The average Bonchev–Trinajstić information content (AvgIpc) is 3.28. The molecule has 4 rings (SSSR count). The molecule has 0 aliphatic carbocycles. The van der Waals surface area contributed by atoms with E-state index in [1.54, 1.807) is 4.90 Å². The number of nitrogens with zero attached hydrogens (tertiary/aromatic N) is 2. The zero-order valence-electron chi connectivity index (χ0n) is 13.8. The molecule has 1 unspecified atom stereocenters. The average molecular weight is 496 g/mol. The zero-order chi connectivity index (χ0) is 18.1. The summed E-state index contributed by atoms with van der Waals surface area (Å²) in [6.07, 6.45) is 2.06. The van der Waals surface area contributed by atoms with Crippen LogP contribution in [-0.4, -0.2) is 30.1 Å². The molecule has 1 amide bonds. The van der Waals surface area contributed by atoms with E-state index in [0.717, 1.165) is 38.6 Å². The van der Waals surface area contributed by atoms with Crippen molar-refractivity contribution in [2.24, 2.45) is 0 Å². The van der Waals surface area contributed by atoms with Gasteiger partial charge in [-0.2, -0.15) is 0 Å². The van der Waals surface area contributed by atoms with Gasteiger partial charge in [0.05, 0.1) is 28.4 Å². The van der Waals surface area contributed by atoms with Gasteiger partial charge < -0.3 is 4.74 Å². The highest BCUT2D eigenvalue weighted by molar-refractivity contribution is 9.10. The molecule has 1 aliphatic rings. The summed E-state index contributed by atoms with van der Waals surface area (Å²) in [5, 5.41) is 0.703. The van der Waals surface area contributed by atoms with Crippen LogP contribution in [0.15, 0.2) is 51.4 Å². The Kier molecular flexibility index (Phi) is 5.40. The first-order valence-electron chi connectivity index (χ1n) is 8.36. The minimum atomic E-state index is -0.0638. The van der Waals surface area contributed by atoms with Crippen LogP contribution in [-0.2, 0) is 4.74 Å². The second-order valence-corrected chi connectivity index (χ2v) is 8.92. The number of carbonyl (C=O) groups is 1. The van der Waals surface area contributed by atoms with Crippen molar-refractivity contribution < 1.29 is 9.53 Å². The highest BCUT2D eigenvalue weighted by atomic mass is 79.9. The molecular weight excluding hydrogens is 480 g/mol. The van der Waals surface area contributed by atoms with E-state index < -0.39 is 0 Å². The summed E-state index contributed by atoms with van der Waals surface area (Å²) >= 11 is 8.51. The van der Waals surface area contributed by atoms with E-state index in [4.69, 9.17) is 9.72 Å². The lowest BCUT2D eigenvalue weighted by Crippen LogP contribution is -2.37. The quantitative estimate of drug-likeness (QED) is 0.469. The number of carbonyl (C=O) groups excluding carboxylic acids is 1. The molecule has 1 atom stereocenters. The summed E-state index contributed by atoms with van der Waals surface area (Å²) in [7, 11) is 0. The molecule has 0 bridgehead atoms. The first kappa shape index (κ1) is 18.1. The minimum absolute atomic E-state index is 0.0557. The van der Waals surface area contributed by atoms with E-state index in [1.165, 1.54) is 11.3 Å². The first-order chi connectivity index (χ1) is 12.6. The van der Waals surface area contributed by atoms with Crippen LogP contribution >= 0.6 is 43.2 Å². The molecule has 1 fully saturated rings. The number of amides is 1. The lowest BCUT2D eigenvalue weighted by molar-refractivity contribution is 0.0917. The Morgan fingerprint density at radius 2 is 2.12 bits per heavy atom. The Balaban J connectivity index is 1.73. The molecule has 0 saturated carbocycles. The Labute approximate surface area is 172 Å². The van der Waals surface area contributed by atoms with Gasteiger partial charge in [0, 0.05) is 15.6 Å². The van der Waals surface area contributed by atoms with Gasteiger partial charge in [-0.05, 0) is 59.1 Å². The van der Waals surface area contributed by atoms with Crippen molar-refractivity contribution in [3.63, 3.8) is 0 Å². The maximum absolute atomic E-state index is 13.3. The van der Waals surface area contributed by atoms with E-state index in [0.29, 0.717) is 17.2 Å². The van der Waals surface area contributed by atoms with Crippen molar-refractivity contribution in [3.8, 4) is 0 Å². The molecule has 7 heteroatoms. The normalized spacial score (nSPS) is 16.9. The van der Waals surface area contributed by atoms with Gasteiger partial charge in [-0.3, -0.25) is 9.69 Å². The molecule has 0 radical (unpaired) electrons. The number of hydrogen-bond donors (Lipinski definition) is 0. The Bertz CT molecular complexity index is 954. The van der Waals surface area contributed by atoms with Crippen LogP contribution in [0.25, 0.3) is 10.2 Å². The molecule has 4 nitrogen and oxygen atoms in total. The van der Waals surface area contributed by atoms with Crippen molar-refractivity contribution in [3.05, 3.63) is 57.0 Å². The van der Waals surface area contributed by atoms with Crippen LogP contribution in [0, 0.1) is 0 Å². The van der Waals surface area contributed by atoms with Gasteiger partial charge in [-0.15, -0.1) is 0 Å². The number of rotatable bonds is 4. The summed E-state index contributed by atoms with van der Waals surface area (Å²) in [6.45, 7) is 1.27. The van der Waals surface area contributed by atoms with E-state index in [1.807, 2.05) is 42.5 Å². The second-order valence-electron chi connectivity index (χ2n) is 6.14. The van der Waals surface area contributed by atoms with Gasteiger partial charge >= 0.3 is 0 Å². The second kappa shape index (κ2) is 7.76. The van der Waals surface area contributed by atoms with Crippen molar-refractivity contribution >= 4 is 64.5 Å². The minimum Gasteiger partial charge on any atom is -0.376 e. The number of anilines is 1. The van der Waals surface area contributed by atoms with Crippen LogP contribution in [0.5, 0.6) is 0 Å². The fraction of sp³-hybridized carbons (Fsp3) is 0.263.